The van der Waals surface area contributed by atoms with Crippen LogP contribution >= 0.6 is 0 Å². The molecule has 1 aliphatic heterocycles. The summed E-state index contributed by atoms with van der Waals surface area (Å²) >= 11 is 0. The quantitative estimate of drug-likeness (QED) is 0.351. The number of carbonyl (C=O) groups is 1. The number of hydrogen-bond acceptors (Lipinski definition) is 8. The zero-order valence-corrected chi connectivity index (χ0v) is 19.4. The van der Waals surface area contributed by atoms with E-state index < -0.39 is 0 Å². The van der Waals surface area contributed by atoms with Crippen molar-refractivity contribution in [1.29, 1.82) is 0 Å². The van der Waals surface area contributed by atoms with Gasteiger partial charge in [0.25, 0.3) is 0 Å². The van der Waals surface area contributed by atoms with Gasteiger partial charge in [-0.3, -0.25) is 9.78 Å². The zero-order valence-electron chi connectivity index (χ0n) is 19.4. The molecule has 0 bridgehead atoms. The van der Waals surface area contributed by atoms with Crippen molar-refractivity contribution in [3.63, 3.8) is 0 Å². The molecular weight excluding hydrogens is 439 g/mol. The number of amides is 1. The van der Waals surface area contributed by atoms with Crippen LogP contribution in [-0.2, 0) is 11.2 Å². The average Bonchev–Trinajstić information content (AvgIpc) is 2.89. The van der Waals surface area contributed by atoms with Crippen molar-refractivity contribution in [3.8, 4) is 11.1 Å². The van der Waals surface area contributed by atoms with Crippen molar-refractivity contribution in [2.45, 2.75) is 50.6 Å². The van der Waals surface area contributed by atoms with E-state index in [9.17, 15) is 4.79 Å². The fourth-order valence-corrected chi connectivity index (χ4v) is 4.56. The Morgan fingerprint density at radius 1 is 1.09 bits per heavy atom. The number of aryl methyl sites for hydroxylation is 1. The van der Waals surface area contributed by atoms with Gasteiger partial charge in [-0.1, -0.05) is 0 Å². The van der Waals surface area contributed by atoms with E-state index in [1.807, 2.05) is 36.5 Å². The van der Waals surface area contributed by atoms with E-state index in [0.29, 0.717) is 18.4 Å². The first-order chi connectivity index (χ1) is 17.2. The number of pyridine rings is 1. The Hall–Kier alpha value is -3.95. The van der Waals surface area contributed by atoms with E-state index in [1.165, 1.54) is 7.06 Å². The Morgan fingerprint density at radius 3 is 2.71 bits per heavy atom. The molecule has 2 aromatic heterocycles. The third-order valence-electron chi connectivity index (χ3n) is 6.39. The summed E-state index contributed by atoms with van der Waals surface area (Å²) in [5.74, 6) is 1.36. The van der Waals surface area contributed by atoms with Crippen LogP contribution in [0.15, 0.2) is 59.1 Å². The summed E-state index contributed by atoms with van der Waals surface area (Å²) in [7, 11) is 1.49. The Balaban J connectivity index is 1.36. The summed E-state index contributed by atoms with van der Waals surface area (Å²) in [4.78, 5) is 25.2. The number of benzene rings is 1. The van der Waals surface area contributed by atoms with Gasteiger partial charge in [-0.2, -0.15) is 0 Å². The van der Waals surface area contributed by atoms with Gasteiger partial charge in [-0.05, 0) is 30.2 Å². The first-order valence-electron chi connectivity index (χ1n) is 11.9. The fraction of sp³-hybridized carbons (Fsp3) is 0.320. The minimum absolute atomic E-state index is 0.0572. The van der Waals surface area contributed by atoms with Gasteiger partial charge >= 0.3 is 141 Å². The van der Waals surface area contributed by atoms with Crippen molar-refractivity contribution in [3.05, 3.63) is 54.5 Å². The van der Waals surface area contributed by atoms with Crippen molar-refractivity contribution < 1.29 is 4.79 Å². The molecular formula is C25H27BN8O. The molecule has 5 rings (SSSR count). The predicted molar refractivity (Wildman–Crippen MR) is 139 cm³/mol. The first kappa shape index (κ1) is 22.8. The summed E-state index contributed by atoms with van der Waals surface area (Å²) in [6.45, 7) is 3.60. The van der Waals surface area contributed by atoms with Gasteiger partial charge in [-0.15, -0.1) is 0 Å². The number of rotatable bonds is 7. The van der Waals surface area contributed by atoms with Crippen LogP contribution < -0.4 is 16.0 Å². The van der Waals surface area contributed by atoms with Crippen LogP contribution in [0.4, 0.5) is 23.1 Å². The second kappa shape index (κ2) is 10.5. The van der Waals surface area contributed by atoms with E-state index in [0.717, 1.165) is 66.0 Å². The maximum atomic E-state index is 11.6. The first-order valence-corrected chi connectivity index (χ1v) is 11.9. The Morgan fingerprint density at radius 2 is 1.91 bits per heavy atom. The van der Waals surface area contributed by atoms with E-state index in [2.05, 4.69) is 42.5 Å². The molecule has 0 radical (unpaired) electrons. The van der Waals surface area contributed by atoms with Gasteiger partial charge in [-0.25, -0.2) is 0 Å². The zero-order chi connectivity index (χ0) is 24.0. The summed E-state index contributed by atoms with van der Waals surface area (Å²) in [6, 6.07) is 10.4. The summed E-state index contributed by atoms with van der Waals surface area (Å²) in [5, 5.41) is 18.2. The van der Waals surface area contributed by atoms with E-state index in [-0.39, 0.29) is 11.9 Å². The molecule has 3 heterocycles. The van der Waals surface area contributed by atoms with Crippen LogP contribution in [0.3, 0.4) is 0 Å². The molecule has 0 saturated heterocycles. The number of hydrogen-bond donors (Lipinski definition) is 3. The monoisotopic (exact) mass is 466 g/mol. The minimum atomic E-state index is 0.0572. The number of anilines is 4. The van der Waals surface area contributed by atoms with Crippen molar-refractivity contribution in [2.75, 3.05) is 16.0 Å². The Bertz CT molecular complexity index is 1240. The molecule has 3 N–H and O–H groups in total. The number of aromatic nitrogens is 3. The molecule has 9 nitrogen and oxygen atoms in total. The molecule has 1 aliphatic carbocycles. The molecule has 0 atom stereocenters. The molecule has 0 spiro atoms. The Labute approximate surface area is 204 Å². The summed E-state index contributed by atoms with van der Waals surface area (Å²) < 4.78 is 0. The summed E-state index contributed by atoms with van der Waals surface area (Å²) in [5.41, 5.74) is 4.79. The molecule has 1 aromatic carbocycles. The van der Waals surface area contributed by atoms with Crippen molar-refractivity contribution in [2.24, 2.45) is 10.1 Å². The second-order valence-electron chi connectivity index (χ2n) is 8.80. The third kappa shape index (κ3) is 5.59. The molecule has 1 amide bonds. The van der Waals surface area contributed by atoms with Gasteiger partial charge in [0, 0.05) is 12.1 Å². The van der Waals surface area contributed by atoms with Crippen LogP contribution in [0.2, 0.25) is 0 Å². The van der Waals surface area contributed by atoms with Crippen LogP contribution in [0, 0.1) is 0 Å². The second-order valence-corrected chi connectivity index (χ2v) is 8.80. The van der Waals surface area contributed by atoms with Gasteiger partial charge in [0.1, 0.15) is 0 Å². The van der Waals surface area contributed by atoms with Crippen LogP contribution in [0.25, 0.3) is 11.1 Å². The van der Waals surface area contributed by atoms with Gasteiger partial charge in [0.2, 0.25) is 5.91 Å². The standard InChI is InChI=1S/C25H27BN8O/c1-26-34-33-19-5-3-18(4-6-19)29-24-21(16-10-12-27-13-11-16)15-28-25(32-24)30-20-7-8-22-17(14-20)2-9-23(35)31-22/h7-8,10-15,18-19H,1-6,9H2,(H,31,35)(H2,28,29,30,32)/t18-,19+. The van der Waals surface area contributed by atoms with E-state index >= 15 is 0 Å². The van der Waals surface area contributed by atoms with Crippen LogP contribution in [-0.4, -0.2) is 46.5 Å². The molecule has 35 heavy (non-hydrogen) atoms. The normalized spacial score (nSPS) is 19.5. The van der Waals surface area contributed by atoms with Crippen LogP contribution in [0.5, 0.6) is 0 Å². The third-order valence-corrected chi connectivity index (χ3v) is 6.39. The SMILES string of the molecule is C=BN=N[C@H]1CC[C@@H](Nc2nc(Nc3ccc4c(c3)CCC(=O)N4)ncc2-c2ccncc2)CC1. The maximum absolute atomic E-state index is 11.6. The van der Waals surface area contributed by atoms with Crippen LogP contribution in [0.1, 0.15) is 37.7 Å². The molecule has 0 unspecified atom stereocenters. The van der Waals surface area contributed by atoms with Crippen molar-refractivity contribution >= 4 is 42.6 Å². The van der Waals surface area contributed by atoms with Gasteiger partial charge < -0.3 is 5.32 Å². The van der Waals surface area contributed by atoms with Crippen molar-refractivity contribution in [1.82, 2.24) is 15.0 Å². The number of nitrogens with one attached hydrogen (secondary N) is 3. The average molecular weight is 466 g/mol. The molecule has 1 fully saturated rings. The van der Waals surface area contributed by atoms with E-state index in [4.69, 9.17) is 4.98 Å². The predicted octanol–water partition coefficient (Wildman–Crippen LogP) is 4.39. The Kier molecular flexibility index (Phi) is 6.88. The van der Waals surface area contributed by atoms with E-state index in [1.54, 1.807) is 12.4 Å². The number of carbonyl (C=O) groups excluding carboxylic acids is 1. The molecule has 10 heteroatoms. The summed E-state index contributed by atoms with van der Waals surface area (Å²) in [6.07, 6.45) is 10.5. The number of nitrogens with zero attached hydrogens (tertiary/aromatic N) is 5. The fourth-order valence-electron chi connectivity index (χ4n) is 4.56. The van der Waals surface area contributed by atoms with Gasteiger partial charge in [0.05, 0.1) is 0 Å². The molecule has 176 valence electrons. The molecule has 3 aromatic rings. The topological polar surface area (TPSA) is 117 Å². The van der Waals surface area contributed by atoms with Gasteiger partial charge in [0.15, 0.2) is 0 Å². The number of fused-ring (bicyclic) bond motifs is 1. The molecule has 2 aliphatic rings. The molecule has 1 saturated carbocycles.